The van der Waals surface area contributed by atoms with Crippen LogP contribution in [0, 0.1) is 12.8 Å². The zero-order chi connectivity index (χ0) is 16.7. The SMILES string of the molecule is Cc1ccnn1CC(=O)N1CCCn2nc(C(O)C3CC3)cc2C1. The summed E-state index contributed by atoms with van der Waals surface area (Å²) in [6.45, 7) is 4.28. The summed E-state index contributed by atoms with van der Waals surface area (Å²) in [7, 11) is 0. The average Bonchev–Trinajstić information content (AvgIpc) is 3.28. The Kier molecular flexibility index (Phi) is 3.88. The average molecular weight is 329 g/mol. The quantitative estimate of drug-likeness (QED) is 0.916. The zero-order valence-corrected chi connectivity index (χ0v) is 13.9. The molecule has 4 rings (SSSR count). The fourth-order valence-electron chi connectivity index (χ4n) is 3.29. The van der Waals surface area contributed by atoms with Crippen molar-refractivity contribution >= 4 is 5.91 Å². The molecule has 1 unspecified atom stereocenters. The molecule has 1 atom stereocenters. The number of aliphatic hydroxyl groups excluding tert-OH is 1. The number of nitrogens with zero attached hydrogens (tertiary/aromatic N) is 5. The van der Waals surface area contributed by atoms with E-state index in [1.54, 1.807) is 10.9 Å². The molecule has 0 bridgehead atoms. The second-order valence-corrected chi connectivity index (χ2v) is 6.87. The van der Waals surface area contributed by atoms with Crippen LogP contribution < -0.4 is 0 Å². The van der Waals surface area contributed by atoms with Crippen LogP contribution in [0.2, 0.25) is 0 Å². The van der Waals surface area contributed by atoms with E-state index >= 15 is 0 Å². The lowest BCUT2D eigenvalue weighted by Gasteiger charge is -2.20. The molecule has 1 fully saturated rings. The second-order valence-electron chi connectivity index (χ2n) is 6.87. The van der Waals surface area contributed by atoms with Gasteiger partial charge in [0.05, 0.1) is 17.9 Å². The van der Waals surface area contributed by atoms with E-state index in [1.807, 2.05) is 28.6 Å². The molecule has 7 nitrogen and oxygen atoms in total. The standard InChI is InChI=1S/C17H23N5O2/c1-12-5-6-18-22(12)11-16(23)20-7-2-8-21-14(10-20)9-15(19-21)17(24)13-3-4-13/h5-6,9,13,17,24H,2-4,7-8,10-11H2,1H3. The van der Waals surface area contributed by atoms with Gasteiger partial charge in [0.1, 0.15) is 12.6 Å². The number of rotatable bonds is 4. The number of aliphatic hydroxyl groups is 1. The van der Waals surface area contributed by atoms with Crippen molar-refractivity contribution in [2.24, 2.45) is 5.92 Å². The molecule has 1 saturated carbocycles. The van der Waals surface area contributed by atoms with E-state index < -0.39 is 6.10 Å². The van der Waals surface area contributed by atoms with Crippen LogP contribution in [-0.4, -0.2) is 42.0 Å². The van der Waals surface area contributed by atoms with Gasteiger partial charge in [0, 0.05) is 25.0 Å². The second kappa shape index (κ2) is 6.05. The summed E-state index contributed by atoms with van der Waals surface area (Å²) >= 11 is 0. The van der Waals surface area contributed by atoms with Crippen molar-refractivity contribution in [3.8, 4) is 0 Å². The lowest BCUT2D eigenvalue weighted by atomic mass is 10.1. The Morgan fingerprint density at radius 3 is 2.96 bits per heavy atom. The van der Waals surface area contributed by atoms with E-state index in [-0.39, 0.29) is 12.5 Å². The first-order valence-corrected chi connectivity index (χ1v) is 8.62. The Morgan fingerprint density at radius 2 is 2.25 bits per heavy atom. The first kappa shape index (κ1) is 15.4. The van der Waals surface area contributed by atoms with E-state index in [0.29, 0.717) is 12.5 Å². The van der Waals surface area contributed by atoms with Crippen molar-refractivity contribution in [2.45, 2.75) is 51.9 Å². The third kappa shape index (κ3) is 2.96. The van der Waals surface area contributed by atoms with Gasteiger partial charge in [0.25, 0.3) is 0 Å². The van der Waals surface area contributed by atoms with Gasteiger partial charge in [-0.1, -0.05) is 0 Å². The Hall–Kier alpha value is -2.15. The van der Waals surface area contributed by atoms with Gasteiger partial charge in [-0.3, -0.25) is 14.2 Å². The van der Waals surface area contributed by atoms with Crippen molar-refractivity contribution in [1.82, 2.24) is 24.5 Å². The monoisotopic (exact) mass is 329 g/mol. The molecule has 0 radical (unpaired) electrons. The van der Waals surface area contributed by atoms with E-state index in [0.717, 1.165) is 49.4 Å². The highest BCUT2D eigenvalue weighted by molar-refractivity contribution is 5.76. The van der Waals surface area contributed by atoms with Crippen LogP contribution in [0.3, 0.4) is 0 Å². The normalized spacial score (nSPS) is 19.0. The minimum absolute atomic E-state index is 0.0701. The number of amides is 1. The van der Waals surface area contributed by atoms with Gasteiger partial charge >= 0.3 is 0 Å². The van der Waals surface area contributed by atoms with Crippen molar-refractivity contribution in [3.63, 3.8) is 0 Å². The molecule has 0 aromatic carbocycles. The van der Waals surface area contributed by atoms with Gasteiger partial charge in [-0.15, -0.1) is 0 Å². The largest absolute Gasteiger partial charge is 0.386 e. The van der Waals surface area contributed by atoms with E-state index in [4.69, 9.17) is 0 Å². The topological polar surface area (TPSA) is 76.2 Å². The van der Waals surface area contributed by atoms with Crippen LogP contribution in [0.4, 0.5) is 0 Å². The summed E-state index contributed by atoms with van der Waals surface area (Å²) in [4.78, 5) is 14.5. The number of hydrogen-bond donors (Lipinski definition) is 1. The van der Waals surface area contributed by atoms with Gasteiger partial charge in [-0.2, -0.15) is 10.2 Å². The molecule has 1 amide bonds. The van der Waals surface area contributed by atoms with Crippen molar-refractivity contribution in [2.75, 3.05) is 6.54 Å². The lowest BCUT2D eigenvalue weighted by Crippen LogP contribution is -2.34. The summed E-state index contributed by atoms with van der Waals surface area (Å²) in [6, 6.07) is 3.87. The highest BCUT2D eigenvalue weighted by atomic mass is 16.3. The Balaban J connectivity index is 1.48. The highest BCUT2D eigenvalue weighted by Crippen LogP contribution is 2.40. The number of carbonyl (C=O) groups is 1. The molecule has 7 heteroatoms. The van der Waals surface area contributed by atoms with Crippen LogP contribution >= 0.6 is 0 Å². The molecule has 2 aliphatic rings. The third-order valence-electron chi connectivity index (χ3n) is 4.97. The van der Waals surface area contributed by atoms with Crippen LogP contribution in [0.5, 0.6) is 0 Å². The van der Waals surface area contributed by atoms with Crippen LogP contribution in [0.1, 0.15) is 42.4 Å². The molecule has 0 spiro atoms. The Morgan fingerprint density at radius 1 is 1.42 bits per heavy atom. The fourth-order valence-corrected chi connectivity index (χ4v) is 3.29. The maximum atomic E-state index is 12.6. The molecule has 24 heavy (non-hydrogen) atoms. The molecule has 3 heterocycles. The lowest BCUT2D eigenvalue weighted by molar-refractivity contribution is -0.132. The van der Waals surface area contributed by atoms with Gasteiger partial charge in [-0.25, -0.2) is 0 Å². The number of fused-ring (bicyclic) bond motifs is 1. The van der Waals surface area contributed by atoms with Gasteiger partial charge in [-0.05, 0) is 44.2 Å². The molecular formula is C17H23N5O2. The predicted molar refractivity (Wildman–Crippen MR) is 86.9 cm³/mol. The number of aromatic nitrogens is 4. The molecule has 2 aromatic rings. The Labute approximate surface area is 140 Å². The number of carbonyl (C=O) groups excluding carboxylic acids is 1. The molecule has 0 saturated heterocycles. The molecule has 128 valence electrons. The van der Waals surface area contributed by atoms with E-state index in [1.165, 1.54) is 0 Å². The summed E-state index contributed by atoms with van der Waals surface area (Å²) in [5.74, 6) is 0.436. The van der Waals surface area contributed by atoms with Gasteiger partial charge < -0.3 is 10.0 Å². The maximum absolute atomic E-state index is 12.6. The van der Waals surface area contributed by atoms with Crippen LogP contribution in [0.15, 0.2) is 18.3 Å². The molecular weight excluding hydrogens is 306 g/mol. The van der Waals surface area contributed by atoms with Crippen molar-refractivity contribution in [3.05, 3.63) is 35.4 Å². The number of hydrogen-bond acceptors (Lipinski definition) is 4. The molecule has 1 aliphatic heterocycles. The summed E-state index contributed by atoms with van der Waals surface area (Å²) in [6.07, 6.45) is 4.29. The van der Waals surface area contributed by atoms with Crippen LogP contribution in [-0.2, 0) is 24.4 Å². The zero-order valence-electron chi connectivity index (χ0n) is 13.9. The highest BCUT2D eigenvalue weighted by Gasteiger charge is 2.33. The predicted octanol–water partition coefficient (Wildman–Crippen LogP) is 1.26. The smallest absolute Gasteiger partial charge is 0.244 e. The van der Waals surface area contributed by atoms with Crippen LogP contribution in [0.25, 0.3) is 0 Å². The minimum atomic E-state index is -0.458. The first-order chi connectivity index (χ1) is 11.6. The fraction of sp³-hybridized carbons (Fsp3) is 0.588. The first-order valence-electron chi connectivity index (χ1n) is 8.62. The summed E-state index contributed by atoms with van der Waals surface area (Å²) in [5, 5.41) is 19.0. The number of aryl methyl sites for hydroxylation is 2. The minimum Gasteiger partial charge on any atom is -0.386 e. The van der Waals surface area contributed by atoms with Gasteiger partial charge in [0.2, 0.25) is 5.91 Å². The maximum Gasteiger partial charge on any atom is 0.244 e. The molecule has 1 aliphatic carbocycles. The summed E-state index contributed by atoms with van der Waals surface area (Å²) < 4.78 is 3.68. The third-order valence-corrected chi connectivity index (χ3v) is 4.97. The van der Waals surface area contributed by atoms with Crippen molar-refractivity contribution < 1.29 is 9.90 Å². The summed E-state index contributed by atoms with van der Waals surface area (Å²) in [5.41, 5.74) is 2.75. The Bertz CT molecular complexity index is 746. The molecule has 2 aromatic heterocycles. The van der Waals surface area contributed by atoms with Gasteiger partial charge in [0.15, 0.2) is 0 Å². The molecule has 1 N–H and O–H groups in total. The van der Waals surface area contributed by atoms with E-state index in [9.17, 15) is 9.90 Å². The van der Waals surface area contributed by atoms with Crippen molar-refractivity contribution in [1.29, 1.82) is 0 Å². The van der Waals surface area contributed by atoms with E-state index in [2.05, 4.69) is 10.2 Å².